The Balaban J connectivity index is 1.25. The summed E-state index contributed by atoms with van der Waals surface area (Å²) < 4.78 is 1.78. The molecule has 174 valence electrons. The Bertz CT molecular complexity index is 1350. The summed E-state index contributed by atoms with van der Waals surface area (Å²) in [6.07, 6.45) is 8.41. The first-order chi connectivity index (χ1) is 16.5. The highest BCUT2D eigenvalue weighted by molar-refractivity contribution is 6.01. The van der Waals surface area contributed by atoms with Crippen molar-refractivity contribution in [3.63, 3.8) is 0 Å². The maximum Gasteiger partial charge on any atom is 0.407 e. The Morgan fingerprint density at radius 3 is 2.50 bits per heavy atom. The third-order valence-corrected chi connectivity index (χ3v) is 7.40. The van der Waals surface area contributed by atoms with Gasteiger partial charge < -0.3 is 14.9 Å². The molecule has 2 N–H and O–H groups in total. The Morgan fingerprint density at radius 1 is 1.09 bits per heavy atom. The zero-order valence-electron chi connectivity index (χ0n) is 19.1. The summed E-state index contributed by atoms with van der Waals surface area (Å²) in [5, 5.41) is 31.3. The number of carbonyl (C=O) groups is 1. The van der Waals surface area contributed by atoms with E-state index in [9.17, 15) is 9.90 Å². The summed E-state index contributed by atoms with van der Waals surface area (Å²) in [6.45, 7) is 0. The van der Waals surface area contributed by atoms with Gasteiger partial charge in [0.05, 0.1) is 23.6 Å². The van der Waals surface area contributed by atoms with E-state index >= 15 is 0 Å². The number of anilines is 1. The first-order valence-electron chi connectivity index (χ1n) is 11.5. The molecule has 10 heteroatoms. The highest BCUT2D eigenvalue weighted by Crippen LogP contribution is 2.38. The SMILES string of the molecule is CN(c1ccc(-c2ccc(-c3cnn(C)c3)c3cn[nH]c23)nn1)C1C[C@H]2CC[C@@H](C1)N2C(=O)O. The smallest absolute Gasteiger partial charge is 0.407 e. The van der Waals surface area contributed by atoms with Crippen molar-refractivity contribution in [1.29, 1.82) is 0 Å². The molecule has 2 aliphatic rings. The first kappa shape index (κ1) is 20.6. The molecule has 0 saturated carbocycles. The third kappa shape index (κ3) is 3.28. The molecule has 34 heavy (non-hydrogen) atoms. The van der Waals surface area contributed by atoms with Gasteiger partial charge in [0.2, 0.25) is 0 Å². The molecule has 2 fully saturated rings. The summed E-state index contributed by atoms with van der Waals surface area (Å²) in [5.41, 5.74) is 4.72. The van der Waals surface area contributed by atoms with E-state index in [-0.39, 0.29) is 18.1 Å². The predicted octanol–water partition coefficient (Wildman–Crippen LogP) is 3.53. The number of aromatic amines is 1. The van der Waals surface area contributed by atoms with Crippen molar-refractivity contribution in [2.24, 2.45) is 7.05 Å². The van der Waals surface area contributed by atoms with Crippen molar-refractivity contribution >= 4 is 22.8 Å². The van der Waals surface area contributed by atoms with Gasteiger partial charge in [0.15, 0.2) is 5.82 Å². The minimum Gasteiger partial charge on any atom is -0.465 e. The lowest BCUT2D eigenvalue weighted by atomic mass is 9.96. The number of hydrogen-bond donors (Lipinski definition) is 2. The molecule has 4 aromatic rings. The molecular weight excluding hydrogens is 432 g/mol. The second kappa shape index (κ2) is 7.82. The standard InChI is InChI=1S/C24H26N8O2/c1-30-13-14(11-26-30)18-5-6-19(23-20(18)12-25-29-23)21-7-8-22(28-27-21)31(2)17-9-15-3-4-16(10-17)32(15)24(33)34/h5-8,11-13,15-17H,3-4,9-10H2,1-2H3,(H,25,29)(H,33,34)/t15-,16+,17?. The summed E-state index contributed by atoms with van der Waals surface area (Å²) in [6, 6.07) is 8.54. The van der Waals surface area contributed by atoms with Crippen LogP contribution in [-0.4, -0.2) is 71.4 Å². The lowest BCUT2D eigenvalue weighted by Gasteiger charge is -2.41. The number of fused-ring (bicyclic) bond motifs is 3. The quantitative estimate of drug-likeness (QED) is 0.481. The fraction of sp³-hybridized carbons (Fsp3) is 0.375. The lowest BCUT2D eigenvalue weighted by Crippen LogP contribution is -2.51. The first-order valence-corrected chi connectivity index (χ1v) is 11.5. The van der Waals surface area contributed by atoms with Gasteiger partial charge in [0.1, 0.15) is 0 Å². The van der Waals surface area contributed by atoms with Crippen LogP contribution < -0.4 is 4.90 Å². The van der Waals surface area contributed by atoms with Gasteiger partial charge in [0, 0.05) is 54.9 Å². The molecule has 2 bridgehead atoms. The predicted molar refractivity (Wildman–Crippen MR) is 127 cm³/mol. The number of aromatic nitrogens is 6. The van der Waals surface area contributed by atoms with Crippen LogP contribution in [-0.2, 0) is 7.05 Å². The van der Waals surface area contributed by atoms with Crippen LogP contribution in [0.25, 0.3) is 33.3 Å². The number of carboxylic acid groups (broad SMARTS) is 1. The van der Waals surface area contributed by atoms with Crippen LogP contribution >= 0.6 is 0 Å². The van der Waals surface area contributed by atoms with Crippen LogP contribution in [0.5, 0.6) is 0 Å². The molecule has 1 unspecified atom stereocenters. The Hall–Kier alpha value is -3.95. The molecule has 1 aromatic carbocycles. The molecule has 2 saturated heterocycles. The fourth-order valence-electron chi connectivity index (χ4n) is 5.68. The Morgan fingerprint density at radius 2 is 1.85 bits per heavy atom. The monoisotopic (exact) mass is 458 g/mol. The van der Waals surface area contributed by atoms with Crippen LogP contribution in [0.4, 0.5) is 10.6 Å². The topological polar surface area (TPSA) is 116 Å². The van der Waals surface area contributed by atoms with Gasteiger partial charge in [-0.25, -0.2) is 4.79 Å². The summed E-state index contributed by atoms with van der Waals surface area (Å²) >= 11 is 0. The van der Waals surface area contributed by atoms with E-state index in [4.69, 9.17) is 0 Å². The van der Waals surface area contributed by atoms with Gasteiger partial charge in [0.25, 0.3) is 0 Å². The number of nitrogens with zero attached hydrogens (tertiary/aromatic N) is 7. The normalized spacial score (nSPS) is 21.8. The molecule has 0 spiro atoms. The maximum atomic E-state index is 11.6. The van der Waals surface area contributed by atoms with Crippen molar-refractivity contribution in [3.8, 4) is 22.4 Å². The number of piperidine rings is 1. The van der Waals surface area contributed by atoms with Crippen LogP contribution in [0.1, 0.15) is 25.7 Å². The average molecular weight is 459 g/mol. The number of benzene rings is 1. The minimum absolute atomic E-state index is 0.0999. The minimum atomic E-state index is -0.794. The maximum absolute atomic E-state index is 11.6. The Kier molecular flexibility index (Phi) is 4.75. The van der Waals surface area contributed by atoms with Crippen molar-refractivity contribution in [1.82, 2.24) is 35.1 Å². The molecule has 5 heterocycles. The van der Waals surface area contributed by atoms with E-state index in [1.807, 2.05) is 50.9 Å². The molecule has 3 aromatic heterocycles. The highest BCUT2D eigenvalue weighted by Gasteiger charge is 2.44. The number of aryl methyl sites for hydroxylation is 1. The number of nitrogens with one attached hydrogen (secondary N) is 1. The van der Waals surface area contributed by atoms with E-state index in [1.165, 1.54) is 0 Å². The molecular formula is C24H26N8O2. The fourth-order valence-corrected chi connectivity index (χ4v) is 5.68. The van der Waals surface area contributed by atoms with Crippen LogP contribution in [0.15, 0.2) is 42.9 Å². The number of amides is 1. The van der Waals surface area contributed by atoms with Gasteiger partial charge in [-0.1, -0.05) is 6.07 Å². The average Bonchev–Trinajstić information content (AvgIpc) is 3.56. The molecule has 2 aliphatic heterocycles. The van der Waals surface area contributed by atoms with E-state index in [0.717, 1.165) is 64.8 Å². The Labute approximate surface area is 196 Å². The van der Waals surface area contributed by atoms with Crippen molar-refractivity contribution in [3.05, 3.63) is 42.9 Å². The molecule has 3 atom stereocenters. The molecule has 0 radical (unpaired) electrons. The number of rotatable bonds is 4. The number of H-pyrrole nitrogens is 1. The van der Waals surface area contributed by atoms with E-state index in [1.54, 1.807) is 9.58 Å². The zero-order valence-corrected chi connectivity index (χ0v) is 19.1. The van der Waals surface area contributed by atoms with Gasteiger partial charge in [-0.05, 0) is 49.4 Å². The van der Waals surface area contributed by atoms with Crippen molar-refractivity contribution in [2.45, 2.75) is 43.8 Å². The lowest BCUT2D eigenvalue weighted by molar-refractivity contribution is 0.0965. The summed E-state index contributed by atoms with van der Waals surface area (Å²) in [5.74, 6) is 0.796. The largest absolute Gasteiger partial charge is 0.465 e. The second-order valence-electron chi connectivity index (χ2n) is 9.31. The zero-order chi connectivity index (χ0) is 23.4. The van der Waals surface area contributed by atoms with Gasteiger partial charge in [-0.2, -0.15) is 10.2 Å². The van der Waals surface area contributed by atoms with Crippen molar-refractivity contribution in [2.75, 3.05) is 11.9 Å². The molecule has 6 rings (SSSR count). The van der Waals surface area contributed by atoms with Crippen LogP contribution in [0, 0.1) is 0 Å². The van der Waals surface area contributed by atoms with E-state index < -0.39 is 6.09 Å². The van der Waals surface area contributed by atoms with Crippen LogP contribution in [0.2, 0.25) is 0 Å². The van der Waals surface area contributed by atoms with E-state index in [0.29, 0.717) is 0 Å². The second-order valence-corrected chi connectivity index (χ2v) is 9.31. The van der Waals surface area contributed by atoms with E-state index in [2.05, 4.69) is 36.5 Å². The van der Waals surface area contributed by atoms with Gasteiger partial charge >= 0.3 is 6.09 Å². The van der Waals surface area contributed by atoms with Crippen LogP contribution in [0.3, 0.4) is 0 Å². The summed E-state index contributed by atoms with van der Waals surface area (Å²) in [7, 11) is 3.93. The van der Waals surface area contributed by atoms with Gasteiger partial charge in [-0.15, -0.1) is 10.2 Å². The molecule has 10 nitrogen and oxygen atoms in total. The third-order valence-electron chi connectivity index (χ3n) is 7.40. The molecule has 0 aliphatic carbocycles. The highest BCUT2D eigenvalue weighted by atomic mass is 16.4. The summed E-state index contributed by atoms with van der Waals surface area (Å²) in [4.78, 5) is 15.4. The van der Waals surface area contributed by atoms with Gasteiger partial charge in [-0.3, -0.25) is 9.78 Å². The molecule has 1 amide bonds. The van der Waals surface area contributed by atoms with Crippen molar-refractivity contribution < 1.29 is 9.90 Å². The number of hydrogen-bond acceptors (Lipinski definition) is 6.